The quantitative estimate of drug-likeness (QED) is 0.365. The fourth-order valence-corrected chi connectivity index (χ4v) is 3.88. The Labute approximate surface area is 152 Å². The van der Waals surface area contributed by atoms with Crippen LogP contribution in [0.3, 0.4) is 0 Å². The van der Waals surface area contributed by atoms with Crippen LogP contribution in [0, 0.1) is 0 Å². The number of nitrogens with one attached hydrogen (secondary N) is 3. The lowest BCUT2D eigenvalue weighted by atomic mass is 10.1. The van der Waals surface area contributed by atoms with E-state index in [9.17, 15) is 8.42 Å². The third kappa shape index (κ3) is 6.11. The molecular weight excluding hydrogens is 358 g/mol. The van der Waals surface area contributed by atoms with Crippen molar-refractivity contribution in [1.82, 2.24) is 20.3 Å². The van der Waals surface area contributed by atoms with Gasteiger partial charge in [0.15, 0.2) is 5.96 Å². The monoisotopic (exact) mass is 381 g/mol. The molecule has 1 unspecified atom stereocenters. The van der Waals surface area contributed by atoms with E-state index < -0.39 is 10.0 Å². The first-order valence-corrected chi connectivity index (χ1v) is 10.3. The van der Waals surface area contributed by atoms with Gasteiger partial charge in [0.1, 0.15) is 4.90 Å². The summed E-state index contributed by atoms with van der Waals surface area (Å²) in [5.74, 6) is 1.02. The molecule has 1 atom stereocenters. The number of hydrogen-bond acceptors (Lipinski definition) is 5. The third-order valence-corrected chi connectivity index (χ3v) is 6.03. The smallest absolute Gasteiger partial charge is 0.242 e. The van der Waals surface area contributed by atoms with Crippen molar-refractivity contribution in [3.8, 4) is 0 Å². The molecule has 0 radical (unpaired) electrons. The predicted molar refractivity (Wildman–Crippen MR) is 102 cm³/mol. The number of nitrogens with zero attached hydrogens (tertiary/aromatic N) is 2. The maximum absolute atomic E-state index is 12.1. The van der Waals surface area contributed by atoms with E-state index >= 15 is 0 Å². The van der Waals surface area contributed by atoms with Gasteiger partial charge in [-0.1, -0.05) is 13.0 Å². The summed E-state index contributed by atoms with van der Waals surface area (Å²) in [4.78, 5) is 9.43. The molecule has 0 spiro atoms. The van der Waals surface area contributed by atoms with Gasteiger partial charge in [-0.3, -0.25) is 9.98 Å². The summed E-state index contributed by atoms with van der Waals surface area (Å²) in [6, 6.07) is 7.25. The van der Waals surface area contributed by atoms with E-state index in [1.165, 1.54) is 23.3 Å². The van der Waals surface area contributed by atoms with E-state index in [-0.39, 0.29) is 11.4 Å². The maximum Gasteiger partial charge on any atom is 0.242 e. The zero-order valence-corrected chi connectivity index (χ0v) is 15.9. The molecule has 9 heteroatoms. The lowest BCUT2D eigenvalue weighted by molar-refractivity contribution is 0.580. The molecule has 0 aromatic carbocycles. The molecule has 2 rings (SSSR count). The summed E-state index contributed by atoms with van der Waals surface area (Å²) >= 11 is 1.73. The molecule has 2 aromatic heterocycles. The van der Waals surface area contributed by atoms with Crippen LogP contribution in [0.4, 0.5) is 0 Å². The first-order chi connectivity index (χ1) is 12.0. The van der Waals surface area contributed by atoms with Crippen LogP contribution in [0.5, 0.6) is 0 Å². The predicted octanol–water partition coefficient (Wildman–Crippen LogP) is 1.39. The minimum absolute atomic E-state index is 0.155. The molecule has 0 saturated carbocycles. The number of aromatic nitrogens is 1. The number of aliphatic imine (C=N–C) groups is 1. The average Bonchev–Trinajstić information content (AvgIpc) is 3.16. The molecule has 0 aliphatic heterocycles. The molecule has 0 aliphatic rings. The fraction of sp³-hybridized carbons (Fsp3) is 0.375. The molecule has 7 nitrogen and oxygen atoms in total. The second-order valence-corrected chi connectivity index (χ2v) is 8.13. The number of pyridine rings is 1. The minimum atomic E-state index is -3.53. The van der Waals surface area contributed by atoms with E-state index in [4.69, 9.17) is 0 Å². The summed E-state index contributed by atoms with van der Waals surface area (Å²) in [7, 11) is -1.85. The molecule has 2 heterocycles. The van der Waals surface area contributed by atoms with Crippen molar-refractivity contribution in [2.24, 2.45) is 4.99 Å². The van der Waals surface area contributed by atoms with Crippen LogP contribution in [0.2, 0.25) is 0 Å². The highest BCUT2D eigenvalue weighted by Gasteiger charge is 2.13. The van der Waals surface area contributed by atoms with Crippen LogP contribution in [0.15, 0.2) is 51.9 Å². The van der Waals surface area contributed by atoms with Gasteiger partial charge in [0.05, 0.1) is 0 Å². The second kappa shape index (κ2) is 9.50. The van der Waals surface area contributed by atoms with Crippen LogP contribution in [-0.4, -0.2) is 46.0 Å². The van der Waals surface area contributed by atoms with Crippen molar-refractivity contribution < 1.29 is 8.42 Å². The number of sulfonamides is 1. The molecule has 2 aromatic rings. The summed E-state index contributed by atoms with van der Waals surface area (Å²) in [5.41, 5.74) is 0. The highest BCUT2D eigenvalue weighted by Crippen LogP contribution is 2.19. The third-order valence-electron chi connectivity index (χ3n) is 3.48. The Kier molecular flexibility index (Phi) is 7.35. The van der Waals surface area contributed by atoms with Gasteiger partial charge in [-0.25, -0.2) is 13.1 Å². The van der Waals surface area contributed by atoms with Crippen molar-refractivity contribution in [1.29, 1.82) is 0 Å². The molecule has 0 amide bonds. The van der Waals surface area contributed by atoms with Crippen molar-refractivity contribution in [2.75, 3.05) is 26.7 Å². The summed E-state index contributed by atoms with van der Waals surface area (Å²) < 4.78 is 26.7. The summed E-state index contributed by atoms with van der Waals surface area (Å²) in [5, 5.41) is 8.40. The molecule has 0 aliphatic carbocycles. The lowest BCUT2D eigenvalue weighted by Crippen LogP contribution is -2.42. The lowest BCUT2D eigenvalue weighted by Gasteiger charge is -2.15. The Hall–Kier alpha value is -1.97. The topological polar surface area (TPSA) is 95.5 Å². The van der Waals surface area contributed by atoms with Gasteiger partial charge in [0, 0.05) is 49.9 Å². The van der Waals surface area contributed by atoms with Gasteiger partial charge in [-0.2, -0.15) is 0 Å². The molecule has 3 N–H and O–H groups in total. The molecular formula is C16H23N5O2S2. The molecule has 0 saturated heterocycles. The van der Waals surface area contributed by atoms with E-state index in [2.05, 4.69) is 43.7 Å². The Morgan fingerprint density at radius 3 is 2.76 bits per heavy atom. The van der Waals surface area contributed by atoms with Gasteiger partial charge in [0.25, 0.3) is 0 Å². The Morgan fingerprint density at radius 2 is 2.12 bits per heavy atom. The van der Waals surface area contributed by atoms with Gasteiger partial charge in [-0.15, -0.1) is 11.3 Å². The number of rotatable bonds is 8. The first kappa shape index (κ1) is 19.4. The van der Waals surface area contributed by atoms with Gasteiger partial charge in [0.2, 0.25) is 10.0 Å². The first-order valence-electron chi connectivity index (χ1n) is 7.90. The molecule has 0 bridgehead atoms. The molecule has 136 valence electrons. The zero-order valence-electron chi connectivity index (χ0n) is 14.3. The van der Waals surface area contributed by atoms with Crippen LogP contribution in [-0.2, 0) is 10.0 Å². The SMILES string of the molecule is CN=C(NCCNS(=O)(=O)c1cccnc1)NCC(C)c1cccs1. The van der Waals surface area contributed by atoms with Gasteiger partial charge < -0.3 is 10.6 Å². The Bertz CT molecular complexity index is 761. The van der Waals surface area contributed by atoms with Gasteiger partial charge >= 0.3 is 0 Å². The highest BCUT2D eigenvalue weighted by atomic mass is 32.2. The van der Waals surface area contributed by atoms with Crippen molar-refractivity contribution in [3.05, 3.63) is 46.9 Å². The minimum Gasteiger partial charge on any atom is -0.356 e. The van der Waals surface area contributed by atoms with Crippen molar-refractivity contribution in [2.45, 2.75) is 17.7 Å². The van der Waals surface area contributed by atoms with E-state index in [0.29, 0.717) is 18.4 Å². The largest absolute Gasteiger partial charge is 0.356 e. The highest BCUT2D eigenvalue weighted by molar-refractivity contribution is 7.89. The van der Waals surface area contributed by atoms with E-state index in [0.717, 1.165) is 6.54 Å². The number of hydrogen-bond donors (Lipinski definition) is 3. The molecule has 0 fully saturated rings. The standard InChI is InChI=1S/C16H23N5O2S2/c1-13(15-6-4-10-24-15)11-20-16(17-2)19-8-9-21-25(22,23)14-5-3-7-18-12-14/h3-7,10,12-13,21H,8-9,11H2,1-2H3,(H2,17,19,20). The van der Waals surface area contributed by atoms with Gasteiger partial charge in [-0.05, 0) is 23.6 Å². The maximum atomic E-state index is 12.1. The molecule has 25 heavy (non-hydrogen) atoms. The number of guanidine groups is 1. The number of thiophene rings is 1. The van der Waals surface area contributed by atoms with E-state index in [1.807, 2.05) is 6.07 Å². The van der Waals surface area contributed by atoms with Crippen LogP contribution >= 0.6 is 11.3 Å². The van der Waals surface area contributed by atoms with Crippen LogP contribution in [0.1, 0.15) is 17.7 Å². The van der Waals surface area contributed by atoms with Crippen LogP contribution < -0.4 is 15.4 Å². The normalized spacial score (nSPS) is 13.4. The summed E-state index contributed by atoms with van der Waals surface area (Å²) in [6.45, 7) is 3.57. The van der Waals surface area contributed by atoms with Crippen molar-refractivity contribution >= 4 is 27.3 Å². The summed E-state index contributed by atoms with van der Waals surface area (Å²) in [6.07, 6.45) is 2.86. The van der Waals surface area contributed by atoms with Crippen molar-refractivity contribution in [3.63, 3.8) is 0 Å². The zero-order chi connectivity index (χ0) is 18.1. The second-order valence-electron chi connectivity index (χ2n) is 5.38. The fourth-order valence-electron chi connectivity index (χ4n) is 2.10. The van der Waals surface area contributed by atoms with E-state index in [1.54, 1.807) is 24.5 Å². The Morgan fingerprint density at radius 1 is 1.28 bits per heavy atom. The Balaban J connectivity index is 1.72. The van der Waals surface area contributed by atoms with Crippen LogP contribution in [0.25, 0.3) is 0 Å². The average molecular weight is 382 g/mol.